The Balaban J connectivity index is 2.23. The maximum Gasteiger partial charge on any atom is 0.170 e. The number of hydrogen-bond acceptors (Lipinski definition) is 4. The van der Waals surface area contributed by atoms with E-state index >= 15 is 0 Å². The Kier molecular flexibility index (Phi) is 4.07. The van der Waals surface area contributed by atoms with Gasteiger partial charge in [0.15, 0.2) is 5.84 Å². The molecule has 104 valence electrons. The van der Waals surface area contributed by atoms with Crippen LogP contribution in [0.3, 0.4) is 0 Å². The first-order valence-corrected chi connectivity index (χ1v) is 6.43. The number of oxime groups is 1. The van der Waals surface area contributed by atoms with Crippen molar-refractivity contribution in [3.63, 3.8) is 0 Å². The molecule has 0 bridgehead atoms. The predicted octanol–water partition coefficient (Wildman–Crippen LogP) is 1.39. The SMILES string of the molecule is CC1(C)COCCN1Cc1ccccc1C(N)=NO. The third-order valence-corrected chi connectivity index (χ3v) is 3.58. The maximum atomic E-state index is 8.85. The quantitative estimate of drug-likeness (QED) is 0.374. The summed E-state index contributed by atoms with van der Waals surface area (Å²) < 4.78 is 5.52. The predicted molar refractivity (Wildman–Crippen MR) is 74.3 cm³/mol. The van der Waals surface area contributed by atoms with Crippen molar-refractivity contribution in [3.8, 4) is 0 Å². The smallest absolute Gasteiger partial charge is 0.170 e. The van der Waals surface area contributed by atoms with Crippen LogP contribution in [0.25, 0.3) is 0 Å². The molecule has 1 aliphatic heterocycles. The van der Waals surface area contributed by atoms with Gasteiger partial charge in [0.2, 0.25) is 0 Å². The zero-order chi connectivity index (χ0) is 13.9. The third-order valence-electron chi connectivity index (χ3n) is 3.58. The Morgan fingerprint density at radius 1 is 1.47 bits per heavy atom. The number of rotatable bonds is 3. The Morgan fingerprint density at radius 2 is 2.21 bits per heavy atom. The zero-order valence-electron chi connectivity index (χ0n) is 11.5. The largest absolute Gasteiger partial charge is 0.409 e. The molecule has 0 amide bonds. The standard InChI is InChI=1S/C14H21N3O2/c1-14(2)10-19-8-7-17(14)9-11-5-3-4-6-12(11)13(15)16-18/h3-6,18H,7-10H2,1-2H3,(H2,15,16). The lowest BCUT2D eigenvalue weighted by molar-refractivity contribution is -0.0553. The highest BCUT2D eigenvalue weighted by Gasteiger charge is 2.30. The molecule has 1 saturated heterocycles. The van der Waals surface area contributed by atoms with Gasteiger partial charge < -0.3 is 15.7 Å². The molecular formula is C14H21N3O2. The third kappa shape index (κ3) is 3.05. The minimum Gasteiger partial charge on any atom is -0.409 e. The molecule has 0 atom stereocenters. The maximum absolute atomic E-state index is 8.85. The van der Waals surface area contributed by atoms with E-state index in [0.29, 0.717) is 0 Å². The minimum absolute atomic E-state index is 0.00349. The summed E-state index contributed by atoms with van der Waals surface area (Å²) in [6, 6.07) is 7.75. The van der Waals surface area contributed by atoms with Crippen molar-refractivity contribution in [1.29, 1.82) is 0 Å². The van der Waals surface area contributed by atoms with E-state index in [1.54, 1.807) is 0 Å². The molecular weight excluding hydrogens is 242 g/mol. The van der Waals surface area contributed by atoms with Crippen LogP contribution in [0.15, 0.2) is 29.4 Å². The molecule has 0 spiro atoms. The molecule has 0 saturated carbocycles. The van der Waals surface area contributed by atoms with Crippen molar-refractivity contribution in [2.75, 3.05) is 19.8 Å². The number of ether oxygens (including phenoxy) is 1. The second-order valence-electron chi connectivity index (χ2n) is 5.43. The summed E-state index contributed by atoms with van der Waals surface area (Å²) in [6.07, 6.45) is 0. The Bertz CT molecular complexity index is 472. The molecule has 1 aliphatic rings. The van der Waals surface area contributed by atoms with E-state index in [-0.39, 0.29) is 11.4 Å². The van der Waals surface area contributed by atoms with E-state index in [1.807, 2.05) is 24.3 Å². The average Bonchev–Trinajstić information content (AvgIpc) is 2.41. The van der Waals surface area contributed by atoms with E-state index in [4.69, 9.17) is 15.7 Å². The highest BCUT2D eigenvalue weighted by molar-refractivity contribution is 5.98. The summed E-state index contributed by atoms with van der Waals surface area (Å²) in [5.41, 5.74) is 7.57. The molecule has 5 heteroatoms. The molecule has 3 N–H and O–H groups in total. The van der Waals surface area contributed by atoms with Crippen LogP contribution in [-0.2, 0) is 11.3 Å². The summed E-state index contributed by atoms with van der Waals surface area (Å²) in [4.78, 5) is 2.36. The van der Waals surface area contributed by atoms with Crippen LogP contribution >= 0.6 is 0 Å². The molecule has 2 rings (SSSR count). The Labute approximate surface area is 113 Å². The summed E-state index contributed by atoms with van der Waals surface area (Å²) in [5.74, 6) is 0.154. The second-order valence-corrected chi connectivity index (χ2v) is 5.43. The lowest BCUT2D eigenvalue weighted by Crippen LogP contribution is -2.52. The first-order chi connectivity index (χ1) is 9.04. The van der Waals surface area contributed by atoms with Crippen molar-refractivity contribution in [1.82, 2.24) is 4.90 Å². The average molecular weight is 263 g/mol. The molecule has 0 radical (unpaired) electrons. The van der Waals surface area contributed by atoms with Crippen LogP contribution < -0.4 is 5.73 Å². The monoisotopic (exact) mass is 263 g/mol. The fourth-order valence-corrected chi connectivity index (χ4v) is 2.35. The lowest BCUT2D eigenvalue weighted by Gasteiger charge is -2.42. The summed E-state index contributed by atoms with van der Waals surface area (Å²) >= 11 is 0. The normalized spacial score (nSPS) is 20.4. The van der Waals surface area contributed by atoms with Crippen molar-refractivity contribution >= 4 is 5.84 Å². The second kappa shape index (κ2) is 5.59. The van der Waals surface area contributed by atoms with Gasteiger partial charge in [-0.15, -0.1) is 0 Å². The molecule has 1 aromatic carbocycles. The molecule has 0 unspecified atom stereocenters. The van der Waals surface area contributed by atoms with Crippen LogP contribution in [0.4, 0.5) is 0 Å². The van der Waals surface area contributed by atoms with Crippen molar-refractivity contribution in [2.45, 2.75) is 25.9 Å². The van der Waals surface area contributed by atoms with Gasteiger partial charge in [0, 0.05) is 24.2 Å². The van der Waals surface area contributed by atoms with Gasteiger partial charge >= 0.3 is 0 Å². The number of nitrogens with two attached hydrogens (primary N) is 1. The molecule has 19 heavy (non-hydrogen) atoms. The number of hydrogen-bond donors (Lipinski definition) is 2. The fourth-order valence-electron chi connectivity index (χ4n) is 2.35. The topological polar surface area (TPSA) is 71.1 Å². The molecule has 0 aliphatic carbocycles. The molecule has 5 nitrogen and oxygen atoms in total. The van der Waals surface area contributed by atoms with Gasteiger partial charge in [-0.3, -0.25) is 4.90 Å². The van der Waals surface area contributed by atoms with E-state index < -0.39 is 0 Å². The summed E-state index contributed by atoms with van der Waals surface area (Å²) in [7, 11) is 0. The van der Waals surface area contributed by atoms with Gasteiger partial charge in [-0.2, -0.15) is 0 Å². The zero-order valence-corrected chi connectivity index (χ0v) is 11.5. The van der Waals surface area contributed by atoms with Crippen LogP contribution in [0.5, 0.6) is 0 Å². The molecule has 1 aromatic rings. The highest BCUT2D eigenvalue weighted by Crippen LogP contribution is 2.22. The van der Waals surface area contributed by atoms with Gasteiger partial charge in [0.1, 0.15) is 0 Å². The molecule has 0 aromatic heterocycles. The number of benzene rings is 1. The highest BCUT2D eigenvalue weighted by atomic mass is 16.5. The van der Waals surface area contributed by atoms with Gasteiger partial charge in [0.25, 0.3) is 0 Å². The Morgan fingerprint density at radius 3 is 2.89 bits per heavy atom. The number of morpholine rings is 1. The van der Waals surface area contributed by atoms with Crippen LogP contribution in [0.1, 0.15) is 25.0 Å². The van der Waals surface area contributed by atoms with Crippen molar-refractivity contribution < 1.29 is 9.94 Å². The van der Waals surface area contributed by atoms with E-state index in [2.05, 4.69) is 23.9 Å². The van der Waals surface area contributed by atoms with Gasteiger partial charge in [-0.1, -0.05) is 29.4 Å². The molecule has 1 heterocycles. The Hall–Kier alpha value is -1.59. The van der Waals surface area contributed by atoms with E-state index in [0.717, 1.165) is 37.4 Å². The first kappa shape index (κ1) is 13.8. The van der Waals surface area contributed by atoms with Crippen LogP contribution in [0, 0.1) is 0 Å². The van der Waals surface area contributed by atoms with Gasteiger partial charge in [-0.05, 0) is 19.4 Å². The van der Waals surface area contributed by atoms with Gasteiger partial charge in [0.05, 0.1) is 13.2 Å². The van der Waals surface area contributed by atoms with Gasteiger partial charge in [-0.25, -0.2) is 0 Å². The van der Waals surface area contributed by atoms with Crippen molar-refractivity contribution in [3.05, 3.63) is 35.4 Å². The fraction of sp³-hybridized carbons (Fsp3) is 0.500. The minimum atomic E-state index is -0.00349. The summed E-state index contributed by atoms with van der Waals surface area (Å²) in [6.45, 7) is 7.45. The first-order valence-electron chi connectivity index (χ1n) is 6.43. The van der Waals surface area contributed by atoms with Crippen LogP contribution in [-0.4, -0.2) is 41.2 Å². The number of nitrogens with zero attached hydrogens (tertiary/aromatic N) is 2. The van der Waals surface area contributed by atoms with Crippen molar-refractivity contribution in [2.24, 2.45) is 10.9 Å². The van der Waals surface area contributed by atoms with E-state index in [1.165, 1.54) is 0 Å². The summed E-state index contributed by atoms with van der Waals surface area (Å²) in [5, 5.41) is 12.0. The van der Waals surface area contributed by atoms with E-state index in [9.17, 15) is 0 Å². The molecule has 1 fully saturated rings. The lowest BCUT2D eigenvalue weighted by atomic mass is 9.99. The van der Waals surface area contributed by atoms with Crippen LogP contribution in [0.2, 0.25) is 0 Å². The number of amidine groups is 1.